The topological polar surface area (TPSA) is 68.1 Å². The van der Waals surface area contributed by atoms with Crippen molar-refractivity contribution in [1.82, 2.24) is 5.06 Å². The number of nitrogens with zero attached hydrogens (tertiary/aromatic N) is 1. The van der Waals surface area contributed by atoms with Crippen molar-refractivity contribution < 1.29 is 23.9 Å². The Morgan fingerprint density at radius 3 is 1.75 bits per heavy atom. The molecular weight excluding hydrogens is 166 g/mol. The van der Waals surface area contributed by atoms with E-state index >= 15 is 0 Å². The Hall–Kier alpha value is -1.14. The smallest absolute Gasteiger partial charge is 0.370 e. The average Bonchev–Trinajstić information content (AvgIpc) is 2.76. The molecule has 0 aromatic rings. The number of carbonyl (C=O) groups is 2. The molecule has 0 aliphatic carbocycles. The number of ether oxygens (including phenoxy) is 2. The molecule has 1 aliphatic heterocycles. The minimum Gasteiger partial charge on any atom is -0.465 e. The van der Waals surface area contributed by atoms with Gasteiger partial charge in [0.1, 0.15) is 0 Å². The largest absolute Gasteiger partial charge is 0.465 e. The van der Waals surface area contributed by atoms with Crippen LogP contribution in [0.5, 0.6) is 0 Å². The van der Waals surface area contributed by atoms with Crippen LogP contribution in [0.2, 0.25) is 0 Å². The summed E-state index contributed by atoms with van der Waals surface area (Å²) in [6, 6.07) is 0. The van der Waals surface area contributed by atoms with E-state index in [0.29, 0.717) is 0 Å². The zero-order valence-corrected chi connectivity index (χ0v) is 6.99. The first kappa shape index (κ1) is 8.95. The number of hydroxylamine groups is 2. The molecule has 0 amide bonds. The maximum atomic E-state index is 11.0. The first-order valence-corrected chi connectivity index (χ1v) is 3.19. The maximum Gasteiger partial charge on any atom is 0.370 e. The van der Waals surface area contributed by atoms with Crippen LogP contribution < -0.4 is 0 Å². The lowest BCUT2D eigenvalue weighted by molar-refractivity contribution is -0.161. The summed E-state index contributed by atoms with van der Waals surface area (Å²) in [5.41, 5.74) is -1.66. The van der Waals surface area contributed by atoms with Crippen LogP contribution in [0.25, 0.3) is 0 Å². The fraction of sp³-hybridized carbons (Fsp3) is 0.667. The van der Waals surface area contributed by atoms with Crippen molar-refractivity contribution >= 4 is 11.9 Å². The molecule has 1 aliphatic rings. The summed E-state index contributed by atoms with van der Waals surface area (Å²) in [6.07, 6.45) is 0. The summed E-state index contributed by atoms with van der Waals surface area (Å²) in [5.74, 6) is -1.56. The first-order valence-electron chi connectivity index (χ1n) is 3.19. The SMILES string of the molecule is COC(=O)C1(C(=O)OC)ON1C. The standard InChI is InChI=1S/C6H9NO5/c1-7-6(12-7,4(8)10-2)5(9)11-3/h1-3H3. The van der Waals surface area contributed by atoms with E-state index in [1.54, 1.807) is 0 Å². The number of esters is 2. The van der Waals surface area contributed by atoms with Crippen LogP contribution in [0, 0.1) is 0 Å². The van der Waals surface area contributed by atoms with E-state index in [1.165, 1.54) is 21.3 Å². The van der Waals surface area contributed by atoms with E-state index in [2.05, 4.69) is 9.47 Å². The van der Waals surface area contributed by atoms with Gasteiger partial charge in [0, 0.05) is 7.05 Å². The van der Waals surface area contributed by atoms with Crippen LogP contribution in [0.3, 0.4) is 0 Å². The van der Waals surface area contributed by atoms with Gasteiger partial charge in [-0.3, -0.25) is 0 Å². The molecule has 0 aromatic heterocycles. The van der Waals surface area contributed by atoms with Gasteiger partial charge < -0.3 is 9.47 Å². The maximum absolute atomic E-state index is 11.0. The minimum absolute atomic E-state index is 0.781. The second-order valence-corrected chi connectivity index (χ2v) is 2.22. The molecular formula is C6H9NO5. The lowest BCUT2D eigenvalue weighted by Gasteiger charge is -2.04. The number of methoxy groups -OCH3 is 2. The Kier molecular flexibility index (Phi) is 2.03. The zero-order chi connectivity index (χ0) is 9.35. The third kappa shape index (κ3) is 0.961. The molecule has 6 nitrogen and oxygen atoms in total. The first-order chi connectivity index (χ1) is 5.59. The molecule has 68 valence electrons. The van der Waals surface area contributed by atoms with Crippen LogP contribution in [-0.2, 0) is 23.9 Å². The highest BCUT2D eigenvalue weighted by Crippen LogP contribution is 2.34. The second-order valence-electron chi connectivity index (χ2n) is 2.22. The van der Waals surface area contributed by atoms with Crippen LogP contribution in [0.1, 0.15) is 0 Å². The highest BCUT2D eigenvalue weighted by Gasteiger charge is 2.69. The quantitative estimate of drug-likeness (QED) is 0.301. The lowest BCUT2D eigenvalue weighted by atomic mass is 10.3. The van der Waals surface area contributed by atoms with Gasteiger partial charge in [-0.15, -0.1) is 5.06 Å². The normalized spacial score (nSPS) is 24.4. The molecule has 1 atom stereocenters. The molecule has 0 spiro atoms. The minimum atomic E-state index is -1.66. The number of hydrogen-bond acceptors (Lipinski definition) is 6. The van der Waals surface area contributed by atoms with Gasteiger partial charge in [0.05, 0.1) is 14.2 Å². The summed E-state index contributed by atoms with van der Waals surface area (Å²) in [7, 11) is 3.78. The lowest BCUT2D eigenvalue weighted by Crippen LogP contribution is -2.39. The predicted molar refractivity (Wildman–Crippen MR) is 35.6 cm³/mol. The Bertz CT molecular complexity index is 210. The Balaban J connectivity index is 2.79. The van der Waals surface area contributed by atoms with Crippen LogP contribution >= 0.6 is 0 Å². The van der Waals surface area contributed by atoms with Crippen molar-refractivity contribution in [1.29, 1.82) is 0 Å². The number of hydrogen-bond donors (Lipinski definition) is 0. The van der Waals surface area contributed by atoms with Gasteiger partial charge in [-0.05, 0) is 0 Å². The monoisotopic (exact) mass is 175 g/mol. The highest BCUT2D eigenvalue weighted by molar-refractivity contribution is 6.04. The van der Waals surface area contributed by atoms with Crippen molar-refractivity contribution in [3.63, 3.8) is 0 Å². The Morgan fingerprint density at radius 2 is 1.58 bits per heavy atom. The summed E-state index contributed by atoms with van der Waals surface area (Å²) in [5, 5.41) is 1.07. The number of rotatable bonds is 2. The molecule has 1 fully saturated rings. The Morgan fingerprint density at radius 1 is 1.25 bits per heavy atom. The van der Waals surface area contributed by atoms with Gasteiger partial charge >= 0.3 is 17.7 Å². The van der Waals surface area contributed by atoms with Crippen molar-refractivity contribution in [2.24, 2.45) is 0 Å². The van der Waals surface area contributed by atoms with E-state index in [4.69, 9.17) is 4.84 Å². The van der Waals surface area contributed by atoms with Crippen LogP contribution in [-0.4, -0.2) is 44.0 Å². The average molecular weight is 175 g/mol. The third-order valence-electron chi connectivity index (χ3n) is 1.60. The van der Waals surface area contributed by atoms with Gasteiger partial charge in [-0.1, -0.05) is 0 Å². The molecule has 0 N–H and O–H groups in total. The van der Waals surface area contributed by atoms with E-state index in [-0.39, 0.29) is 0 Å². The fourth-order valence-electron chi connectivity index (χ4n) is 0.869. The number of carbonyl (C=O) groups excluding carboxylic acids is 2. The van der Waals surface area contributed by atoms with E-state index < -0.39 is 17.7 Å². The summed E-state index contributed by atoms with van der Waals surface area (Å²) in [4.78, 5) is 26.7. The van der Waals surface area contributed by atoms with Gasteiger partial charge in [-0.25, -0.2) is 14.4 Å². The van der Waals surface area contributed by atoms with Crippen molar-refractivity contribution in [3.8, 4) is 0 Å². The molecule has 12 heavy (non-hydrogen) atoms. The van der Waals surface area contributed by atoms with E-state index in [9.17, 15) is 9.59 Å². The molecule has 1 rings (SSSR count). The third-order valence-corrected chi connectivity index (χ3v) is 1.60. The van der Waals surface area contributed by atoms with Gasteiger partial charge in [0.15, 0.2) is 0 Å². The van der Waals surface area contributed by atoms with Crippen molar-refractivity contribution in [2.75, 3.05) is 21.3 Å². The van der Waals surface area contributed by atoms with E-state index in [0.717, 1.165) is 5.06 Å². The van der Waals surface area contributed by atoms with Crippen molar-refractivity contribution in [3.05, 3.63) is 0 Å². The Labute approximate surface area is 68.9 Å². The van der Waals surface area contributed by atoms with E-state index in [1.807, 2.05) is 0 Å². The molecule has 0 saturated carbocycles. The predicted octanol–water partition coefficient (Wildman–Crippen LogP) is -1.09. The van der Waals surface area contributed by atoms with Gasteiger partial charge in [-0.2, -0.15) is 0 Å². The number of likely N-dealkylation sites (N-methyl/N-ethyl adjacent to an activating group) is 1. The molecule has 0 aromatic carbocycles. The highest BCUT2D eigenvalue weighted by atomic mass is 16.9. The van der Waals surface area contributed by atoms with Crippen LogP contribution in [0.4, 0.5) is 0 Å². The van der Waals surface area contributed by atoms with Gasteiger partial charge in [0.2, 0.25) is 0 Å². The molecule has 0 radical (unpaired) electrons. The second kappa shape index (κ2) is 2.72. The summed E-state index contributed by atoms with van der Waals surface area (Å²) in [6.45, 7) is 0. The van der Waals surface area contributed by atoms with Crippen LogP contribution in [0.15, 0.2) is 0 Å². The molecule has 0 bridgehead atoms. The summed E-state index contributed by atoms with van der Waals surface area (Å²) >= 11 is 0. The summed E-state index contributed by atoms with van der Waals surface area (Å²) < 4.78 is 8.73. The molecule has 1 unspecified atom stereocenters. The molecule has 1 saturated heterocycles. The van der Waals surface area contributed by atoms with Gasteiger partial charge in [0.25, 0.3) is 0 Å². The zero-order valence-electron chi connectivity index (χ0n) is 6.99. The fourth-order valence-corrected chi connectivity index (χ4v) is 0.869. The molecule has 1 heterocycles. The van der Waals surface area contributed by atoms with Crippen molar-refractivity contribution in [2.45, 2.75) is 5.72 Å². The molecule has 6 heteroatoms.